The molecule has 7 aromatic rings. The van der Waals surface area contributed by atoms with Gasteiger partial charge in [0.05, 0.1) is 40.4 Å². The average Bonchev–Trinajstić information content (AvgIpc) is 3.48. The van der Waals surface area contributed by atoms with E-state index in [0.29, 0.717) is 5.02 Å². The van der Waals surface area contributed by atoms with Crippen LogP contribution in [0.2, 0.25) is 5.02 Å². The summed E-state index contributed by atoms with van der Waals surface area (Å²) in [7, 11) is 3.42. The minimum atomic E-state index is 0.694. The largest absolute Gasteiger partial charge is 0.497 e. The van der Waals surface area contributed by atoms with Crippen LogP contribution in [0, 0.1) is 13.8 Å². The molecule has 0 unspecified atom stereocenters. The van der Waals surface area contributed by atoms with Gasteiger partial charge in [-0.2, -0.15) is 0 Å². The number of thiophene rings is 1. The van der Waals surface area contributed by atoms with E-state index in [2.05, 4.69) is 85.1 Å². The molecule has 39 heavy (non-hydrogen) atoms. The second-order valence-electron chi connectivity index (χ2n) is 9.96. The third-order valence-electron chi connectivity index (χ3n) is 7.71. The fraction of sp³-hybridized carbons (Fsp3) is 0.118. The van der Waals surface area contributed by atoms with Gasteiger partial charge in [-0.15, -0.1) is 11.3 Å². The molecule has 3 nitrogen and oxygen atoms in total. The van der Waals surface area contributed by atoms with Crippen LogP contribution in [0.3, 0.4) is 0 Å². The number of hydrogen-bond donors (Lipinski definition) is 0. The Labute approximate surface area is 235 Å². The van der Waals surface area contributed by atoms with Gasteiger partial charge in [0.1, 0.15) is 11.5 Å². The zero-order valence-corrected chi connectivity index (χ0v) is 23.7. The Morgan fingerprint density at radius 2 is 1.54 bits per heavy atom. The summed E-state index contributed by atoms with van der Waals surface area (Å²) in [5.74, 6) is 1.66. The van der Waals surface area contributed by atoms with Crippen LogP contribution >= 0.6 is 22.9 Å². The minimum Gasteiger partial charge on any atom is -0.497 e. The first-order chi connectivity index (χ1) is 19.0. The summed E-state index contributed by atoms with van der Waals surface area (Å²) in [4.78, 5) is 0. The lowest BCUT2D eigenvalue weighted by Crippen LogP contribution is -1.95. The van der Waals surface area contributed by atoms with Crippen LogP contribution in [0.15, 0.2) is 84.9 Å². The Bertz CT molecular complexity index is 2070. The summed E-state index contributed by atoms with van der Waals surface area (Å²) in [6.07, 6.45) is 0. The molecule has 0 N–H and O–H groups in total. The monoisotopic (exact) mass is 547 g/mol. The van der Waals surface area contributed by atoms with Crippen molar-refractivity contribution in [1.82, 2.24) is 4.57 Å². The maximum Gasteiger partial charge on any atom is 0.129 e. The van der Waals surface area contributed by atoms with Gasteiger partial charge in [0.25, 0.3) is 0 Å². The quantitative estimate of drug-likeness (QED) is 0.219. The van der Waals surface area contributed by atoms with Crippen molar-refractivity contribution in [2.24, 2.45) is 0 Å². The van der Waals surface area contributed by atoms with E-state index in [1.54, 1.807) is 25.6 Å². The van der Waals surface area contributed by atoms with E-state index in [4.69, 9.17) is 21.1 Å². The standard InChI is InChI=1S/C34H26ClNO2S/c1-19-6-5-7-20(2)30(19)22-10-15-29-26(18-22)32-34(39-29)31-28(38-4)14-13-27(35)33(31)36(32)24-11-8-21-9-12-25(37-3)17-23(21)16-24/h5-18H,1-4H3. The summed E-state index contributed by atoms with van der Waals surface area (Å²) in [5.41, 5.74) is 8.20. The summed E-state index contributed by atoms with van der Waals surface area (Å²) < 4.78 is 16.1. The third kappa shape index (κ3) is 3.63. The molecule has 0 fully saturated rings. The second kappa shape index (κ2) is 9.04. The van der Waals surface area contributed by atoms with Gasteiger partial charge in [-0.25, -0.2) is 0 Å². The molecule has 0 spiro atoms. The SMILES string of the molecule is COc1ccc2ccc(-n3c4c(Cl)ccc(OC)c4c4sc5ccc(-c6c(C)cccc6C)cc5c43)cc2c1. The predicted molar refractivity (Wildman–Crippen MR) is 167 cm³/mol. The number of nitrogens with zero attached hydrogens (tertiary/aromatic N) is 1. The lowest BCUT2D eigenvalue weighted by atomic mass is 9.95. The lowest BCUT2D eigenvalue weighted by Gasteiger charge is -2.13. The van der Waals surface area contributed by atoms with Crippen LogP contribution in [-0.2, 0) is 0 Å². The first-order valence-electron chi connectivity index (χ1n) is 12.9. The van der Waals surface area contributed by atoms with Crippen molar-refractivity contribution in [3.05, 3.63) is 101 Å². The molecule has 0 aliphatic heterocycles. The van der Waals surface area contributed by atoms with Crippen molar-refractivity contribution in [2.45, 2.75) is 13.8 Å². The Morgan fingerprint density at radius 1 is 0.744 bits per heavy atom. The van der Waals surface area contributed by atoms with Gasteiger partial charge in [0.15, 0.2) is 0 Å². The molecule has 192 valence electrons. The van der Waals surface area contributed by atoms with Crippen molar-refractivity contribution < 1.29 is 9.47 Å². The van der Waals surface area contributed by atoms with E-state index < -0.39 is 0 Å². The Morgan fingerprint density at radius 3 is 2.31 bits per heavy atom. The number of fused-ring (bicyclic) bond motifs is 6. The highest BCUT2D eigenvalue weighted by molar-refractivity contribution is 7.26. The van der Waals surface area contributed by atoms with Gasteiger partial charge in [-0.05, 0) is 95.4 Å². The van der Waals surface area contributed by atoms with Gasteiger partial charge >= 0.3 is 0 Å². The molecule has 5 aromatic carbocycles. The highest BCUT2D eigenvalue weighted by atomic mass is 35.5. The molecule has 0 atom stereocenters. The maximum absolute atomic E-state index is 6.96. The molecule has 0 radical (unpaired) electrons. The van der Waals surface area contributed by atoms with Crippen LogP contribution in [0.1, 0.15) is 11.1 Å². The highest BCUT2D eigenvalue weighted by Crippen LogP contribution is 2.48. The van der Waals surface area contributed by atoms with Crippen molar-refractivity contribution in [1.29, 1.82) is 0 Å². The zero-order chi connectivity index (χ0) is 26.8. The van der Waals surface area contributed by atoms with Crippen molar-refractivity contribution in [3.8, 4) is 28.3 Å². The van der Waals surface area contributed by atoms with Crippen LogP contribution in [0.5, 0.6) is 11.5 Å². The van der Waals surface area contributed by atoms with Gasteiger partial charge in [0.2, 0.25) is 0 Å². The Balaban J connectivity index is 1.63. The summed E-state index contributed by atoms with van der Waals surface area (Å²) in [6.45, 7) is 4.36. The van der Waals surface area contributed by atoms with E-state index in [0.717, 1.165) is 44.4 Å². The zero-order valence-electron chi connectivity index (χ0n) is 22.1. The smallest absolute Gasteiger partial charge is 0.129 e. The molecule has 2 heterocycles. The molecule has 0 saturated heterocycles. The van der Waals surface area contributed by atoms with E-state index in [1.807, 2.05) is 18.2 Å². The van der Waals surface area contributed by atoms with E-state index in [-0.39, 0.29) is 0 Å². The van der Waals surface area contributed by atoms with Gasteiger partial charge in [-0.1, -0.05) is 48.0 Å². The van der Waals surface area contributed by atoms with Crippen LogP contribution in [0.25, 0.3) is 58.8 Å². The number of rotatable bonds is 4. The van der Waals surface area contributed by atoms with Gasteiger partial charge in [-0.3, -0.25) is 0 Å². The number of methoxy groups -OCH3 is 2. The van der Waals surface area contributed by atoms with Crippen molar-refractivity contribution >= 4 is 64.9 Å². The third-order valence-corrected chi connectivity index (χ3v) is 9.19. The topological polar surface area (TPSA) is 23.4 Å². The van der Waals surface area contributed by atoms with E-state index in [1.165, 1.54) is 37.0 Å². The molecule has 0 aliphatic carbocycles. The molecule has 5 heteroatoms. The predicted octanol–water partition coefficient (Wildman–Crippen LogP) is 10.1. The summed E-state index contributed by atoms with van der Waals surface area (Å²) in [5, 5.41) is 5.20. The number of ether oxygens (including phenoxy) is 2. The molecule has 0 bridgehead atoms. The van der Waals surface area contributed by atoms with E-state index in [9.17, 15) is 0 Å². The first kappa shape index (κ1) is 24.1. The first-order valence-corrected chi connectivity index (χ1v) is 14.1. The number of halogens is 1. The molecule has 7 rings (SSSR count). The molecule has 0 amide bonds. The highest BCUT2D eigenvalue weighted by Gasteiger charge is 2.23. The van der Waals surface area contributed by atoms with Crippen molar-refractivity contribution in [2.75, 3.05) is 14.2 Å². The lowest BCUT2D eigenvalue weighted by molar-refractivity contribution is 0.415. The number of hydrogen-bond acceptors (Lipinski definition) is 3. The van der Waals surface area contributed by atoms with Gasteiger partial charge in [0, 0.05) is 15.8 Å². The molecular formula is C34H26ClNO2S. The molecule has 2 aromatic heterocycles. The average molecular weight is 548 g/mol. The van der Waals surface area contributed by atoms with Gasteiger partial charge < -0.3 is 14.0 Å². The van der Waals surface area contributed by atoms with E-state index >= 15 is 0 Å². The summed E-state index contributed by atoms with van der Waals surface area (Å²) >= 11 is 8.75. The number of aromatic nitrogens is 1. The maximum atomic E-state index is 6.96. The normalized spacial score (nSPS) is 11.7. The molecular weight excluding hydrogens is 522 g/mol. The van der Waals surface area contributed by atoms with Crippen LogP contribution < -0.4 is 9.47 Å². The molecule has 0 saturated carbocycles. The Hall–Kier alpha value is -3.99. The second-order valence-corrected chi connectivity index (χ2v) is 11.4. The minimum absolute atomic E-state index is 0.694. The summed E-state index contributed by atoms with van der Waals surface area (Å²) in [6, 6.07) is 29.9. The van der Waals surface area contributed by atoms with Crippen LogP contribution in [-0.4, -0.2) is 18.8 Å². The fourth-order valence-corrected chi connectivity index (χ4v) is 7.37. The number of aryl methyl sites for hydroxylation is 2. The molecule has 0 aliphatic rings. The van der Waals surface area contributed by atoms with Crippen LogP contribution in [0.4, 0.5) is 0 Å². The number of benzene rings is 5. The fourth-order valence-electron chi connectivity index (χ4n) is 5.91. The van der Waals surface area contributed by atoms with Crippen molar-refractivity contribution in [3.63, 3.8) is 0 Å². The Kier molecular flexibility index (Phi) is 5.58.